The van der Waals surface area contributed by atoms with Crippen LogP contribution in [-0.4, -0.2) is 23.9 Å². The van der Waals surface area contributed by atoms with E-state index in [0.29, 0.717) is 28.8 Å². The average Bonchev–Trinajstić information content (AvgIpc) is 3.10. The molecule has 3 rings (SSSR count). The van der Waals surface area contributed by atoms with Gasteiger partial charge < -0.3 is 20.1 Å². The molecule has 0 atom stereocenters. The van der Waals surface area contributed by atoms with Gasteiger partial charge in [-0.3, -0.25) is 4.79 Å². The summed E-state index contributed by atoms with van der Waals surface area (Å²) in [4.78, 5) is 16.5. The number of hydrogen-bond donors (Lipinski definition) is 2. The smallest absolute Gasteiger partial charge is 0.494 e. The van der Waals surface area contributed by atoms with E-state index in [9.17, 15) is 18.0 Å². The van der Waals surface area contributed by atoms with Crippen LogP contribution in [0.25, 0.3) is 0 Å². The molecule has 0 bridgehead atoms. The van der Waals surface area contributed by atoms with Crippen LogP contribution in [0.4, 0.5) is 29.7 Å². The Morgan fingerprint density at radius 2 is 1.67 bits per heavy atom. The number of carbonyl (C=O) groups excluding carboxylic acids is 1. The number of thiazole rings is 1. The molecule has 0 fully saturated rings. The summed E-state index contributed by atoms with van der Waals surface area (Å²) in [5, 5.41) is 8.02. The Balaban J connectivity index is 1.52. The predicted octanol–water partition coefficient (Wildman–Crippen LogP) is 5.37. The fourth-order valence-corrected chi connectivity index (χ4v) is 3.21. The van der Waals surface area contributed by atoms with Gasteiger partial charge in [0.1, 0.15) is 11.5 Å². The molecule has 0 spiro atoms. The molecular formula is C20H18F3N3O3S. The van der Waals surface area contributed by atoms with Crippen LogP contribution in [0.1, 0.15) is 12.6 Å². The van der Waals surface area contributed by atoms with Gasteiger partial charge in [0, 0.05) is 16.8 Å². The number of nitrogens with one attached hydrogen (secondary N) is 2. The highest BCUT2D eigenvalue weighted by molar-refractivity contribution is 7.13. The Morgan fingerprint density at radius 1 is 1.03 bits per heavy atom. The first kappa shape index (κ1) is 21.4. The molecule has 1 amide bonds. The van der Waals surface area contributed by atoms with Gasteiger partial charge in [-0.25, -0.2) is 4.98 Å². The molecule has 0 radical (unpaired) electrons. The third kappa shape index (κ3) is 6.66. The topological polar surface area (TPSA) is 72.5 Å². The molecule has 3 aromatic rings. The maximum Gasteiger partial charge on any atom is 0.573 e. The van der Waals surface area contributed by atoms with Crippen molar-refractivity contribution >= 4 is 33.8 Å². The van der Waals surface area contributed by atoms with Crippen molar-refractivity contribution in [2.75, 3.05) is 17.2 Å². The van der Waals surface area contributed by atoms with Gasteiger partial charge in [0.05, 0.1) is 18.7 Å². The zero-order valence-corrected chi connectivity index (χ0v) is 16.6. The number of rotatable bonds is 8. The highest BCUT2D eigenvalue weighted by Crippen LogP contribution is 2.26. The molecule has 6 nitrogen and oxygen atoms in total. The van der Waals surface area contributed by atoms with Gasteiger partial charge in [0.25, 0.3) is 0 Å². The number of hydrogen-bond acceptors (Lipinski definition) is 6. The Kier molecular flexibility index (Phi) is 6.78. The van der Waals surface area contributed by atoms with Crippen LogP contribution in [0.5, 0.6) is 11.5 Å². The van der Waals surface area contributed by atoms with E-state index < -0.39 is 6.36 Å². The summed E-state index contributed by atoms with van der Waals surface area (Å²) in [6.45, 7) is 2.46. The molecule has 158 valence electrons. The number of anilines is 3. The molecule has 2 aromatic carbocycles. The monoisotopic (exact) mass is 437 g/mol. The Morgan fingerprint density at radius 3 is 2.30 bits per heavy atom. The van der Waals surface area contributed by atoms with Gasteiger partial charge in [-0.1, -0.05) is 0 Å². The van der Waals surface area contributed by atoms with Crippen LogP contribution in [0.2, 0.25) is 0 Å². The largest absolute Gasteiger partial charge is 0.573 e. The molecular weight excluding hydrogens is 419 g/mol. The van der Waals surface area contributed by atoms with Crippen molar-refractivity contribution in [2.45, 2.75) is 19.7 Å². The lowest BCUT2D eigenvalue weighted by Crippen LogP contribution is -2.16. The summed E-state index contributed by atoms with van der Waals surface area (Å²) in [6.07, 6.45) is -4.64. The number of benzene rings is 2. The normalized spacial score (nSPS) is 11.1. The summed E-state index contributed by atoms with van der Waals surface area (Å²) < 4.78 is 45.8. The molecule has 0 aliphatic heterocycles. The lowest BCUT2D eigenvalue weighted by Gasteiger charge is -2.09. The predicted molar refractivity (Wildman–Crippen MR) is 108 cm³/mol. The molecule has 0 saturated heterocycles. The molecule has 1 aromatic heterocycles. The number of aromatic nitrogens is 1. The van der Waals surface area contributed by atoms with Crippen LogP contribution >= 0.6 is 11.3 Å². The van der Waals surface area contributed by atoms with Crippen molar-refractivity contribution in [3.63, 3.8) is 0 Å². The van der Waals surface area contributed by atoms with Gasteiger partial charge in [-0.05, 0) is 55.5 Å². The first-order valence-electron chi connectivity index (χ1n) is 8.90. The van der Waals surface area contributed by atoms with Gasteiger partial charge in [0.2, 0.25) is 5.91 Å². The maximum absolute atomic E-state index is 12.2. The van der Waals surface area contributed by atoms with Crippen molar-refractivity contribution in [3.8, 4) is 11.5 Å². The third-order valence-corrected chi connectivity index (χ3v) is 4.49. The molecule has 1 heterocycles. The van der Waals surface area contributed by atoms with Gasteiger partial charge in [0.15, 0.2) is 5.13 Å². The lowest BCUT2D eigenvalue weighted by atomic mass is 10.2. The van der Waals surface area contributed by atoms with E-state index in [-0.39, 0.29) is 18.1 Å². The minimum absolute atomic E-state index is 0.0871. The Labute approximate surface area is 174 Å². The first-order valence-corrected chi connectivity index (χ1v) is 9.78. The zero-order valence-electron chi connectivity index (χ0n) is 15.8. The first-order chi connectivity index (χ1) is 14.3. The van der Waals surface area contributed by atoms with Crippen molar-refractivity contribution in [3.05, 3.63) is 59.6 Å². The number of nitrogens with zero attached hydrogens (tertiary/aromatic N) is 1. The van der Waals surface area contributed by atoms with Crippen LogP contribution in [0.3, 0.4) is 0 Å². The minimum atomic E-state index is -4.73. The fourth-order valence-electron chi connectivity index (χ4n) is 2.48. The van der Waals surface area contributed by atoms with Crippen molar-refractivity contribution in [1.29, 1.82) is 0 Å². The standard InChI is InChI=1S/C20H18F3N3O3S/c1-2-28-16-7-3-13(4-8-16)24-18(27)11-15-12-30-19(26-15)25-14-5-9-17(10-6-14)29-20(21,22)23/h3-10,12H,2,11H2,1H3,(H,24,27)(H,25,26). The fraction of sp³-hybridized carbons (Fsp3) is 0.200. The molecule has 0 aliphatic carbocycles. The molecule has 30 heavy (non-hydrogen) atoms. The molecule has 0 aliphatic rings. The van der Waals surface area contributed by atoms with Crippen LogP contribution in [0, 0.1) is 0 Å². The number of halogens is 3. The van der Waals surface area contributed by atoms with Gasteiger partial charge >= 0.3 is 6.36 Å². The van der Waals surface area contributed by atoms with Crippen LogP contribution < -0.4 is 20.1 Å². The molecule has 0 saturated carbocycles. The number of amides is 1. The van der Waals surface area contributed by atoms with E-state index >= 15 is 0 Å². The zero-order chi connectivity index (χ0) is 21.6. The van der Waals surface area contributed by atoms with Crippen molar-refractivity contribution < 1.29 is 27.4 Å². The van der Waals surface area contributed by atoms with Gasteiger partial charge in [-0.15, -0.1) is 24.5 Å². The molecule has 2 N–H and O–H groups in total. The lowest BCUT2D eigenvalue weighted by molar-refractivity contribution is -0.274. The Hall–Kier alpha value is -3.27. The second-order valence-electron chi connectivity index (χ2n) is 6.02. The highest BCUT2D eigenvalue weighted by Gasteiger charge is 2.30. The highest BCUT2D eigenvalue weighted by atomic mass is 32.1. The number of ether oxygens (including phenoxy) is 2. The molecule has 10 heteroatoms. The van der Waals surface area contributed by atoms with E-state index in [4.69, 9.17) is 4.74 Å². The summed E-state index contributed by atoms with van der Waals surface area (Å²) >= 11 is 1.28. The maximum atomic E-state index is 12.2. The summed E-state index contributed by atoms with van der Waals surface area (Å²) in [6, 6.07) is 12.3. The Bertz CT molecular complexity index is 973. The van der Waals surface area contributed by atoms with Crippen molar-refractivity contribution in [1.82, 2.24) is 4.98 Å². The SMILES string of the molecule is CCOc1ccc(NC(=O)Cc2csc(Nc3ccc(OC(F)(F)F)cc3)n2)cc1. The van der Waals surface area contributed by atoms with E-state index in [1.54, 1.807) is 29.6 Å². The number of alkyl halides is 3. The second kappa shape index (κ2) is 9.49. The average molecular weight is 437 g/mol. The van der Waals surface area contributed by atoms with E-state index in [2.05, 4.69) is 20.4 Å². The summed E-state index contributed by atoms with van der Waals surface area (Å²) in [5.74, 6) is 0.201. The van der Waals surface area contributed by atoms with Crippen LogP contribution in [0.15, 0.2) is 53.9 Å². The van der Waals surface area contributed by atoms with E-state index in [0.717, 1.165) is 5.75 Å². The third-order valence-electron chi connectivity index (χ3n) is 3.68. The van der Waals surface area contributed by atoms with Crippen LogP contribution in [-0.2, 0) is 11.2 Å². The molecule has 0 unspecified atom stereocenters. The quantitative estimate of drug-likeness (QED) is 0.496. The number of carbonyl (C=O) groups is 1. The summed E-state index contributed by atoms with van der Waals surface area (Å²) in [7, 11) is 0. The summed E-state index contributed by atoms with van der Waals surface area (Å²) in [5.41, 5.74) is 1.77. The minimum Gasteiger partial charge on any atom is -0.494 e. The van der Waals surface area contributed by atoms with E-state index in [1.165, 1.54) is 35.6 Å². The van der Waals surface area contributed by atoms with Crippen molar-refractivity contribution in [2.24, 2.45) is 0 Å². The van der Waals surface area contributed by atoms with Gasteiger partial charge in [-0.2, -0.15) is 0 Å². The second-order valence-corrected chi connectivity index (χ2v) is 6.88. The van der Waals surface area contributed by atoms with E-state index in [1.807, 2.05) is 6.92 Å².